The molecule has 1 N–H and O–H groups in total. The van der Waals surface area contributed by atoms with E-state index in [1.807, 2.05) is 39.0 Å². The number of nitrogens with zero attached hydrogens (tertiary/aromatic N) is 2. The van der Waals surface area contributed by atoms with Gasteiger partial charge in [0.1, 0.15) is 18.0 Å². The summed E-state index contributed by atoms with van der Waals surface area (Å²) >= 11 is 6.46. The lowest BCUT2D eigenvalue weighted by Crippen LogP contribution is -2.50. The number of amides is 1. The smallest absolute Gasteiger partial charge is 0.343 e. The quantitative estimate of drug-likeness (QED) is 0.312. The van der Waals surface area contributed by atoms with E-state index in [0.717, 1.165) is 37.8 Å². The van der Waals surface area contributed by atoms with Gasteiger partial charge in [0.25, 0.3) is 0 Å². The monoisotopic (exact) mass is 722 g/mol. The third kappa shape index (κ3) is 7.93. The summed E-state index contributed by atoms with van der Waals surface area (Å²) in [6.45, 7) is 7.46. The van der Waals surface area contributed by atoms with E-state index in [0.29, 0.717) is 43.4 Å². The van der Waals surface area contributed by atoms with Crippen molar-refractivity contribution in [3.8, 4) is 5.75 Å². The van der Waals surface area contributed by atoms with Crippen molar-refractivity contribution in [3.05, 3.63) is 70.3 Å². The Morgan fingerprint density at radius 3 is 2.67 bits per heavy atom. The summed E-state index contributed by atoms with van der Waals surface area (Å²) in [5.41, 5.74) is 0.312. The van der Waals surface area contributed by atoms with E-state index in [4.69, 9.17) is 30.5 Å². The minimum absolute atomic E-state index is 0.132. The third-order valence-electron chi connectivity index (χ3n) is 11.0. The van der Waals surface area contributed by atoms with E-state index >= 15 is 0 Å². The fraction of sp³-hybridized carbons (Fsp3) is 0.575. The number of ether oxygens (including phenoxy) is 4. The van der Waals surface area contributed by atoms with Crippen LogP contribution in [0.15, 0.2) is 48.6 Å². The van der Waals surface area contributed by atoms with Gasteiger partial charge in [-0.25, -0.2) is 9.59 Å². The van der Waals surface area contributed by atoms with Crippen LogP contribution in [0.1, 0.15) is 76.0 Å². The van der Waals surface area contributed by atoms with E-state index in [-0.39, 0.29) is 35.5 Å². The molecule has 0 saturated heterocycles. The Bertz CT molecular complexity index is 1670. The summed E-state index contributed by atoms with van der Waals surface area (Å²) in [7, 11) is 2.86. The van der Waals surface area contributed by atoms with Gasteiger partial charge < -0.3 is 33.9 Å². The van der Waals surface area contributed by atoms with E-state index in [1.54, 1.807) is 25.2 Å². The highest BCUT2D eigenvalue weighted by Crippen LogP contribution is 2.48. The zero-order valence-electron chi connectivity index (χ0n) is 30.4. The Morgan fingerprint density at radius 1 is 1.14 bits per heavy atom. The molecule has 2 bridgehead atoms. The molecular weight excluding hydrogens is 672 g/mol. The molecule has 2 aromatic rings. The van der Waals surface area contributed by atoms with Gasteiger partial charge in [-0.1, -0.05) is 35.9 Å². The van der Waals surface area contributed by atoms with E-state index in [9.17, 15) is 19.5 Å². The van der Waals surface area contributed by atoms with Crippen molar-refractivity contribution in [1.29, 1.82) is 0 Å². The molecule has 276 valence electrons. The number of esters is 2. The van der Waals surface area contributed by atoms with Crippen LogP contribution >= 0.6 is 11.6 Å². The topological polar surface area (TPSA) is 115 Å². The number of methoxy groups -OCH3 is 1. The molecule has 2 aromatic carbocycles. The maximum atomic E-state index is 13.5. The van der Waals surface area contributed by atoms with Gasteiger partial charge in [0, 0.05) is 37.1 Å². The number of halogens is 1. The van der Waals surface area contributed by atoms with Crippen molar-refractivity contribution in [2.45, 2.75) is 88.4 Å². The van der Waals surface area contributed by atoms with Gasteiger partial charge >= 0.3 is 11.9 Å². The number of fused-ring (bicyclic) bond motifs is 4. The lowest BCUT2D eigenvalue weighted by molar-refractivity contribution is -0.168. The molecule has 0 aromatic heterocycles. The first kappa shape index (κ1) is 37.2. The summed E-state index contributed by atoms with van der Waals surface area (Å²) in [6.07, 6.45) is 8.46. The molecule has 4 aliphatic rings. The Hall–Kier alpha value is -3.60. The van der Waals surface area contributed by atoms with Gasteiger partial charge in [0.15, 0.2) is 5.60 Å². The van der Waals surface area contributed by atoms with Gasteiger partial charge in [0.2, 0.25) is 5.91 Å². The van der Waals surface area contributed by atoms with Crippen molar-refractivity contribution in [2.24, 2.45) is 11.8 Å². The second-order valence-electron chi connectivity index (χ2n) is 15.7. The average molecular weight is 723 g/mol. The van der Waals surface area contributed by atoms with Crippen LogP contribution in [0.5, 0.6) is 5.75 Å². The molecule has 11 heteroatoms. The SMILES string of the molecule is COC(=O)[C@@]1(O)CC(=O)N(C)CC/C=C\[C@H](OCC(=O)OC(C)(C)C)[C@@H]2CC[C@H]2CN2C[C@@]3(CCCc4cc(Cl)ccc43)COc3ccc1cc32. The number of aliphatic hydroxyl groups is 1. The molecule has 10 nitrogen and oxygen atoms in total. The highest BCUT2D eigenvalue weighted by Gasteiger charge is 2.47. The molecule has 51 heavy (non-hydrogen) atoms. The van der Waals surface area contributed by atoms with Crippen LogP contribution in [0.3, 0.4) is 0 Å². The van der Waals surface area contributed by atoms with Crippen LogP contribution in [-0.2, 0) is 46.0 Å². The van der Waals surface area contributed by atoms with Crippen molar-refractivity contribution in [2.75, 3.05) is 51.9 Å². The molecule has 1 amide bonds. The molecule has 2 heterocycles. The van der Waals surface area contributed by atoms with E-state index in [2.05, 4.69) is 17.0 Å². The fourth-order valence-corrected chi connectivity index (χ4v) is 8.40. The van der Waals surface area contributed by atoms with Gasteiger partial charge in [-0.15, -0.1) is 0 Å². The van der Waals surface area contributed by atoms with Gasteiger partial charge in [-0.05, 0) is 112 Å². The largest absolute Gasteiger partial charge is 0.490 e. The van der Waals surface area contributed by atoms with Crippen LogP contribution in [-0.4, -0.2) is 86.6 Å². The first-order chi connectivity index (χ1) is 24.2. The Kier molecular flexibility index (Phi) is 10.8. The first-order valence-corrected chi connectivity index (χ1v) is 18.5. The summed E-state index contributed by atoms with van der Waals surface area (Å²) in [6, 6.07) is 11.4. The van der Waals surface area contributed by atoms with Gasteiger partial charge in [-0.2, -0.15) is 0 Å². The van der Waals surface area contributed by atoms with Crippen molar-refractivity contribution in [3.63, 3.8) is 0 Å². The highest BCUT2D eigenvalue weighted by atomic mass is 35.5. The minimum atomic E-state index is -2.20. The number of rotatable bonds is 4. The Labute approximate surface area is 306 Å². The average Bonchev–Trinajstić information content (AvgIpc) is 3.22. The minimum Gasteiger partial charge on any atom is -0.490 e. The maximum absolute atomic E-state index is 13.5. The lowest BCUT2D eigenvalue weighted by Gasteiger charge is -2.46. The van der Waals surface area contributed by atoms with Crippen molar-refractivity contribution >= 4 is 35.1 Å². The predicted molar refractivity (Wildman–Crippen MR) is 194 cm³/mol. The molecule has 0 unspecified atom stereocenters. The zero-order valence-corrected chi connectivity index (χ0v) is 31.2. The lowest BCUT2D eigenvalue weighted by atomic mass is 9.68. The molecule has 2 aliphatic heterocycles. The standard InChI is InChI=1S/C40H51ClN2O8/c1-38(2,3)51-36(45)23-49-33-10-6-7-18-42(4)35(44)21-40(47,37(46)48-5)28-12-16-34-32(20-28)43(22-27-11-14-30(27)33)24-39(25-50-34)17-8-9-26-19-29(41)13-15-31(26)39/h6,10,12-13,15-16,19-20,27,30,33,47H,7-9,11,14,17-18,21-25H2,1-5H3/b10-6-/t27-,30+,33-,39-,40+/m0/s1. The number of aryl methyl sites for hydroxylation is 1. The molecule has 1 saturated carbocycles. The molecule has 1 fully saturated rings. The van der Waals surface area contributed by atoms with Crippen LogP contribution in [0.2, 0.25) is 5.02 Å². The summed E-state index contributed by atoms with van der Waals surface area (Å²) in [5.74, 6) is -0.722. The maximum Gasteiger partial charge on any atom is 0.343 e. The molecule has 0 radical (unpaired) electrons. The Morgan fingerprint density at radius 2 is 1.94 bits per heavy atom. The normalized spacial score (nSPS) is 28.8. The molecule has 2 aliphatic carbocycles. The molecular formula is C40H51ClN2O8. The summed E-state index contributed by atoms with van der Waals surface area (Å²) in [5, 5.41) is 12.7. The number of hydrogen-bond donors (Lipinski definition) is 1. The van der Waals surface area contributed by atoms with Crippen molar-refractivity contribution < 1.29 is 38.4 Å². The number of anilines is 1. The Balaban J connectivity index is 1.41. The third-order valence-corrected chi connectivity index (χ3v) is 11.2. The molecule has 6 rings (SSSR count). The van der Waals surface area contributed by atoms with E-state index in [1.165, 1.54) is 23.1 Å². The fourth-order valence-electron chi connectivity index (χ4n) is 8.20. The zero-order chi connectivity index (χ0) is 36.6. The summed E-state index contributed by atoms with van der Waals surface area (Å²) in [4.78, 5) is 43.3. The van der Waals surface area contributed by atoms with Crippen molar-refractivity contribution in [1.82, 2.24) is 4.90 Å². The number of carbonyl (C=O) groups is 3. The van der Waals surface area contributed by atoms with E-state index < -0.39 is 35.5 Å². The predicted octanol–water partition coefficient (Wildman–Crippen LogP) is 5.74. The second-order valence-corrected chi connectivity index (χ2v) is 16.1. The molecule has 1 spiro atoms. The highest BCUT2D eigenvalue weighted by molar-refractivity contribution is 6.30. The van der Waals surface area contributed by atoms with Gasteiger partial charge in [-0.3, -0.25) is 4.79 Å². The summed E-state index contributed by atoms with van der Waals surface area (Å²) < 4.78 is 23.6. The number of carbonyl (C=O) groups excluding carboxylic acids is 3. The van der Waals surface area contributed by atoms with Gasteiger partial charge in [0.05, 0.1) is 31.9 Å². The van der Waals surface area contributed by atoms with Crippen LogP contribution < -0.4 is 9.64 Å². The first-order valence-electron chi connectivity index (χ1n) is 18.1. The number of benzene rings is 2. The second kappa shape index (κ2) is 14.8. The molecule has 5 atom stereocenters. The number of hydrogen-bond acceptors (Lipinski definition) is 9. The van der Waals surface area contributed by atoms with Crippen LogP contribution in [0, 0.1) is 11.8 Å². The van der Waals surface area contributed by atoms with Crippen LogP contribution in [0.4, 0.5) is 5.69 Å². The van der Waals surface area contributed by atoms with Crippen LogP contribution in [0.25, 0.3) is 0 Å².